The molecule has 378 valence electrons. The standard InChI is InChI=1S/C64H54N4O8/c1-5-73-61(69)49-37-57(51(63(71)75-7-3)35-55(49)65-45-29-25-39-17-9-11-21-43(39)33-45)67-53-31-27-41-19-13-15-23-47(41)59(53)60-48-24-16-14-20-42(48)28-32-54(60)68-58-38-50(62(70)74-6-2)56(36-52(58)64(72)76-8-4)66-46-30-26-40-18-10-12-22-44(40)34-46/h9-38,65-68H,5-8H2,1-4H3. The summed E-state index contributed by atoms with van der Waals surface area (Å²) in [6, 6.07) is 57.8. The van der Waals surface area contributed by atoms with E-state index in [-0.39, 0.29) is 60.1 Å². The van der Waals surface area contributed by atoms with Gasteiger partial charge in [0.15, 0.2) is 0 Å². The van der Waals surface area contributed by atoms with Crippen LogP contribution in [0.3, 0.4) is 0 Å². The molecule has 10 rings (SSSR count). The van der Waals surface area contributed by atoms with Crippen molar-refractivity contribution in [1.82, 2.24) is 0 Å². The number of carbonyl (C=O) groups is 4. The molecule has 0 aliphatic heterocycles. The second-order valence-electron chi connectivity index (χ2n) is 17.8. The predicted octanol–water partition coefficient (Wildman–Crippen LogP) is 15.6. The molecule has 0 radical (unpaired) electrons. The van der Waals surface area contributed by atoms with Gasteiger partial charge in [0.1, 0.15) is 0 Å². The molecule has 0 spiro atoms. The number of anilines is 8. The SMILES string of the molecule is CCOC(=O)c1cc(Nc2ccc3ccccc3c2-c2c(Nc3cc(C(=O)OCC)c(Nc4ccc5ccccc5c4)cc3C(=O)OCC)ccc3ccccc23)c(C(=O)OCC)cc1Nc1ccc2ccccc2c1. The van der Waals surface area contributed by atoms with Gasteiger partial charge in [0.2, 0.25) is 0 Å². The Bertz CT molecular complexity index is 3640. The molecule has 0 aromatic heterocycles. The lowest BCUT2D eigenvalue weighted by Gasteiger charge is -2.23. The minimum atomic E-state index is -0.612. The molecule has 76 heavy (non-hydrogen) atoms. The maximum atomic E-state index is 14.2. The molecule has 0 aliphatic carbocycles. The first kappa shape index (κ1) is 49.9. The number of hydrogen-bond acceptors (Lipinski definition) is 12. The van der Waals surface area contributed by atoms with Crippen LogP contribution in [0, 0.1) is 0 Å². The monoisotopic (exact) mass is 1010 g/mol. The summed E-state index contributed by atoms with van der Waals surface area (Å²) in [7, 11) is 0. The van der Waals surface area contributed by atoms with E-state index in [4.69, 9.17) is 18.9 Å². The molecule has 0 amide bonds. The topological polar surface area (TPSA) is 153 Å². The summed E-state index contributed by atoms with van der Waals surface area (Å²) >= 11 is 0. The zero-order valence-electron chi connectivity index (χ0n) is 42.4. The van der Waals surface area contributed by atoms with Crippen LogP contribution in [0.1, 0.15) is 69.1 Å². The van der Waals surface area contributed by atoms with Gasteiger partial charge in [-0.1, -0.05) is 121 Å². The summed E-state index contributed by atoms with van der Waals surface area (Å²) in [5.74, 6) is -2.42. The summed E-state index contributed by atoms with van der Waals surface area (Å²) in [5.41, 5.74) is 5.95. The second-order valence-corrected chi connectivity index (χ2v) is 17.8. The minimum absolute atomic E-state index is 0.101. The van der Waals surface area contributed by atoms with Crippen LogP contribution in [0.25, 0.3) is 54.2 Å². The highest BCUT2D eigenvalue weighted by Gasteiger charge is 2.27. The highest BCUT2D eigenvalue weighted by Crippen LogP contribution is 2.47. The summed E-state index contributed by atoms with van der Waals surface area (Å²) in [4.78, 5) is 56.4. The van der Waals surface area contributed by atoms with Crippen molar-refractivity contribution in [2.24, 2.45) is 0 Å². The van der Waals surface area contributed by atoms with E-state index < -0.39 is 23.9 Å². The molecule has 0 saturated heterocycles. The van der Waals surface area contributed by atoms with Gasteiger partial charge in [-0.25, -0.2) is 19.2 Å². The average Bonchev–Trinajstić information content (AvgIpc) is 3.44. The maximum Gasteiger partial charge on any atom is 0.340 e. The Hall–Kier alpha value is -9.68. The van der Waals surface area contributed by atoms with Crippen molar-refractivity contribution in [2.75, 3.05) is 47.7 Å². The Balaban J connectivity index is 1.15. The van der Waals surface area contributed by atoms with E-state index in [9.17, 15) is 19.2 Å². The third kappa shape index (κ3) is 10.3. The van der Waals surface area contributed by atoms with Gasteiger partial charge in [0, 0.05) is 33.9 Å². The normalized spacial score (nSPS) is 11.1. The molecule has 0 fully saturated rings. The second kappa shape index (κ2) is 22.2. The zero-order chi connectivity index (χ0) is 52.7. The first-order chi connectivity index (χ1) is 37.1. The lowest BCUT2D eigenvalue weighted by molar-refractivity contribution is 0.0513. The molecule has 0 aliphatic rings. The highest BCUT2D eigenvalue weighted by atomic mass is 16.5. The minimum Gasteiger partial charge on any atom is -0.462 e. The molecular formula is C64H54N4O8. The Morgan fingerprint density at radius 2 is 0.592 bits per heavy atom. The number of nitrogens with one attached hydrogen (secondary N) is 4. The van der Waals surface area contributed by atoms with Gasteiger partial charge >= 0.3 is 23.9 Å². The van der Waals surface area contributed by atoms with Gasteiger partial charge in [0.25, 0.3) is 0 Å². The number of esters is 4. The van der Waals surface area contributed by atoms with E-state index in [1.807, 2.05) is 158 Å². The van der Waals surface area contributed by atoms with Gasteiger partial charge in [-0.15, -0.1) is 0 Å². The van der Waals surface area contributed by atoms with Crippen molar-refractivity contribution in [1.29, 1.82) is 0 Å². The molecule has 0 saturated carbocycles. The van der Waals surface area contributed by atoms with Crippen molar-refractivity contribution in [3.63, 3.8) is 0 Å². The molecule has 0 bridgehead atoms. The Morgan fingerprint density at radius 3 is 0.934 bits per heavy atom. The average molecular weight is 1010 g/mol. The Labute approximate surface area is 439 Å². The van der Waals surface area contributed by atoms with Crippen LogP contribution >= 0.6 is 0 Å². The summed E-state index contributed by atoms with van der Waals surface area (Å²) < 4.78 is 22.6. The molecule has 12 heteroatoms. The van der Waals surface area contributed by atoms with Crippen molar-refractivity contribution < 1.29 is 38.1 Å². The molecular weight excluding hydrogens is 953 g/mol. The fraction of sp³-hybridized carbons (Fsp3) is 0.125. The molecule has 10 aromatic carbocycles. The number of carbonyl (C=O) groups excluding carboxylic acids is 4. The smallest absolute Gasteiger partial charge is 0.340 e. The van der Waals surface area contributed by atoms with E-state index in [1.54, 1.807) is 52.0 Å². The lowest BCUT2D eigenvalue weighted by atomic mass is 9.90. The third-order valence-corrected chi connectivity index (χ3v) is 13.0. The van der Waals surface area contributed by atoms with Crippen molar-refractivity contribution in [2.45, 2.75) is 27.7 Å². The van der Waals surface area contributed by atoms with Crippen LogP contribution in [0.15, 0.2) is 182 Å². The molecule has 4 N–H and O–H groups in total. The predicted molar refractivity (Wildman–Crippen MR) is 305 cm³/mol. The fourth-order valence-electron chi connectivity index (χ4n) is 9.55. The van der Waals surface area contributed by atoms with Crippen molar-refractivity contribution >= 4 is 112 Å². The van der Waals surface area contributed by atoms with Crippen LogP contribution in [-0.2, 0) is 18.9 Å². The Morgan fingerprint density at radius 1 is 0.303 bits per heavy atom. The summed E-state index contributed by atoms with van der Waals surface area (Å²) in [5, 5.41) is 21.6. The van der Waals surface area contributed by atoms with Gasteiger partial charge in [0.05, 0.1) is 71.4 Å². The van der Waals surface area contributed by atoms with Crippen molar-refractivity contribution in [3.05, 3.63) is 204 Å². The zero-order valence-corrected chi connectivity index (χ0v) is 42.4. The van der Waals surface area contributed by atoms with E-state index in [2.05, 4.69) is 21.3 Å². The number of hydrogen-bond donors (Lipinski definition) is 4. The Kier molecular flexibility index (Phi) is 14.6. The van der Waals surface area contributed by atoms with E-state index in [0.717, 1.165) is 54.2 Å². The van der Waals surface area contributed by atoms with Crippen LogP contribution in [-0.4, -0.2) is 50.3 Å². The number of fused-ring (bicyclic) bond motifs is 4. The summed E-state index contributed by atoms with van der Waals surface area (Å²) in [6.07, 6.45) is 0. The highest BCUT2D eigenvalue weighted by molar-refractivity contribution is 6.16. The molecule has 10 aromatic rings. The van der Waals surface area contributed by atoms with Gasteiger partial charge in [-0.05, 0) is 131 Å². The van der Waals surface area contributed by atoms with E-state index >= 15 is 0 Å². The van der Waals surface area contributed by atoms with Crippen LogP contribution in [0.2, 0.25) is 0 Å². The molecule has 0 heterocycles. The molecule has 12 nitrogen and oxygen atoms in total. The van der Waals surface area contributed by atoms with Gasteiger partial charge in [-0.3, -0.25) is 0 Å². The molecule has 0 unspecified atom stereocenters. The first-order valence-electron chi connectivity index (χ1n) is 25.3. The largest absolute Gasteiger partial charge is 0.462 e. The number of benzene rings is 10. The fourth-order valence-corrected chi connectivity index (χ4v) is 9.55. The lowest BCUT2D eigenvalue weighted by Crippen LogP contribution is -2.14. The number of ether oxygens (including phenoxy) is 4. The van der Waals surface area contributed by atoms with Gasteiger partial charge < -0.3 is 40.2 Å². The van der Waals surface area contributed by atoms with Crippen LogP contribution in [0.5, 0.6) is 0 Å². The van der Waals surface area contributed by atoms with E-state index in [1.165, 1.54) is 0 Å². The summed E-state index contributed by atoms with van der Waals surface area (Å²) in [6.45, 7) is 7.38. The first-order valence-corrected chi connectivity index (χ1v) is 25.3. The van der Waals surface area contributed by atoms with Crippen LogP contribution < -0.4 is 21.3 Å². The third-order valence-electron chi connectivity index (χ3n) is 13.0. The number of rotatable bonds is 17. The quantitative estimate of drug-likeness (QED) is 0.0507. The van der Waals surface area contributed by atoms with Crippen LogP contribution in [0.4, 0.5) is 45.5 Å². The maximum absolute atomic E-state index is 14.2. The molecule has 0 atom stereocenters. The van der Waals surface area contributed by atoms with E-state index in [0.29, 0.717) is 34.1 Å². The van der Waals surface area contributed by atoms with Gasteiger partial charge in [-0.2, -0.15) is 0 Å². The van der Waals surface area contributed by atoms with Crippen molar-refractivity contribution in [3.8, 4) is 11.1 Å².